The van der Waals surface area contributed by atoms with Crippen LogP contribution in [0.2, 0.25) is 0 Å². The van der Waals surface area contributed by atoms with Crippen LogP contribution in [0.1, 0.15) is 11.1 Å². The lowest BCUT2D eigenvalue weighted by Gasteiger charge is -2.11. The molecular formula is C19H13F3N2O2. The molecule has 4 nitrogen and oxygen atoms in total. The monoisotopic (exact) mass is 358 g/mol. The number of amides is 1. The fourth-order valence-electron chi connectivity index (χ4n) is 2.42. The van der Waals surface area contributed by atoms with E-state index in [4.69, 9.17) is 10.5 Å². The topological polar surface area (TPSA) is 65.2 Å². The fraction of sp³-hybridized carbons (Fsp3) is 0.0526. The molecule has 1 heterocycles. The van der Waals surface area contributed by atoms with E-state index in [1.165, 1.54) is 24.3 Å². The molecule has 0 unspecified atom stereocenters. The van der Waals surface area contributed by atoms with Crippen LogP contribution in [-0.2, 0) is 11.0 Å². The Balaban J connectivity index is 2.02. The number of primary amides is 1. The molecule has 132 valence electrons. The highest BCUT2D eigenvalue weighted by atomic mass is 19.4. The summed E-state index contributed by atoms with van der Waals surface area (Å²) >= 11 is 0. The molecule has 0 bridgehead atoms. The third-order valence-electron chi connectivity index (χ3n) is 3.55. The fourth-order valence-corrected chi connectivity index (χ4v) is 2.42. The normalized spacial score (nSPS) is 11.8. The Morgan fingerprint density at radius 3 is 2.62 bits per heavy atom. The number of hydrogen-bond acceptors (Lipinski definition) is 3. The first-order chi connectivity index (χ1) is 12.3. The van der Waals surface area contributed by atoms with Crippen LogP contribution < -0.4 is 10.5 Å². The van der Waals surface area contributed by atoms with E-state index >= 15 is 0 Å². The third-order valence-corrected chi connectivity index (χ3v) is 3.55. The first-order valence-electron chi connectivity index (χ1n) is 7.54. The number of pyridine rings is 1. The van der Waals surface area contributed by atoms with Crippen LogP contribution in [0.15, 0.2) is 60.8 Å². The zero-order valence-corrected chi connectivity index (χ0v) is 13.3. The van der Waals surface area contributed by atoms with Crippen molar-refractivity contribution in [2.75, 3.05) is 0 Å². The number of halogens is 3. The van der Waals surface area contributed by atoms with Crippen LogP contribution in [0.4, 0.5) is 13.2 Å². The smallest absolute Gasteiger partial charge is 0.416 e. The summed E-state index contributed by atoms with van der Waals surface area (Å²) in [6.45, 7) is 0. The third kappa shape index (κ3) is 4.00. The van der Waals surface area contributed by atoms with Crippen LogP contribution in [-0.4, -0.2) is 10.9 Å². The molecule has 3 rings (SSSR count). The van der Waals surface area contributed by atoms with E-state index in [9.17, 15) is 18.0 Å². The zero-order chi connectivity index (χ0) is 18.7. The number of alkyl halides is 3. The highest BCUT2D eigenvalue weighted by molar-refractivity contribution is 5.95. The maximum atomic E-state index is 12.8. The molecule has 0 saturated heterocycles. The Bertz CT molecular complexity index is 997. The predicted molar refractivity (Wildman–Crippen MR) is 91.5 cm³/mol. The molecule has 3 aromatic rings. The van der Waals surface area contributed by atoms with E-state index < -0.39 is 17.6 Å². The molecule has 26 heavy (non-hydrogen) atoms. The standard InChI is InChI=1S/C19H13F3N2O2/c20-19(21,22)13-3-1-4-14(10-13)26-15-9-12(6-7-18(23)25)16-5-2-8-24-17(16)11-15/h1-11H,(H2,23,25)/b7-6+. The molecule has 0 saturated carbocycles. The first-order valence-corrected chi connectivity index (χ1v) is 7.54. The number of benzene rings is 2. The van der Waals surface area contributed by atoms with Gasteiger partial charge in [-0.2, -0.15) is 13.2 Å². The lowest BCUT2D eigenvalue weighted by Crippen LogP contribution is -2.05. The maximum Gasteiger partial charge on any atom is 0.416 e. The molecule has 1 amide bonds. The molecule has 0 spiro atoms. The van der Waals surface area contributed by atoms with Crippen molar-refractivity contribution >= 4 is 22.9 Å². The van der Waals surface area contributed by atoms with Crippen LogP contribution >= 0.6 is 0 Å². The number of nitrogens with zero attached hydrogens (tertiary/aromatic N) is 1. The number of fused-ring (bicyclic) bond motifs is 1. The minimum absolute atomic E-state index is 0.0416. The van der Waals surface area contributed by atoms with E-state index in [1.54, 1.807) is 30.5 Å². The minimum Gasteiger partial charge on any atom is -0.457 e. The van der Waals surface area contributed by atoms with E-state index in [0.29, 0.717) is 16.8 Å². The van der Waals surface area contributed by atoms with Gasteiger partial charge in [0, 0.05) is 23.7 Å². The lowest BCUT2D eigenvalue weighted by molar-refractivity contribution is -0.137. The van der Waals surface area contributed by atoms with Crippen molar-refractivity contribution in [3.8, 4) is 11.5 Å². The molecule has 0 radical (unpaired) electrons. The van der Waals surface area contributed by atoms with Crippen molar-refractivity contribution in [3.05, 3.63) is 71.9 Å². The van der Waals surface area contributed by atoms with Gasteiger partial charge in [0.2, 0.25) is 5.91 Å². The maximum absolute atomic E-state index is 12.8. The second-order valence-corrected chi connectivity index (χ2v) is 5.45. The summed E-state index contributed by atoms with van der Waals surface area (Å²) in [5.74, 6) is -0.286. The molecule has 0 aliphatic rings. The number of hydrogen-bond donors (Lipinski definition) is 1. The van der Waals surface area contributed by atoms with Gasteiger partial charge in [-0.25, -0.2) is 0 Å². The van der Waals surface area contributed by atoms with Gasteiger partial charge >= 0.3 is 6.18 Å². The number of ether oxygens (including phenoxy) is 1. The van der Waals surface area contributed by atoms with Crippen molar-refractivity contribution in [1.29, 1.82) is 0 Å². The molecule has 1 aromatic heterocycles. The highest BCUT2D eigenvalue weighted by Gasteiger charge is 2.30. The summed E-state index contributed by atoms with van der Waals surface area (Å²) in [6, 6.07) is 11.3. The number of aromatic nitrogens is 1. The van der Waals surface area contributed by atoms with Crippen molar-refractivity contribution in [1.82, 2.24) is 4.98 Å². The number of nitrogens with two attached hydrogens (primary N) is 1. The Labute approximate surface area is 146 Å². The summed E-state index contributed by atoms with van der Waals surface area (Å²) in [4.78, 5) is 15.2. The molecule has 0 aliphatic heterocycles. The van der Waals surface area contributed by atoms with E-state index in [-0.39, 0.29) is 5.75 Å². The average molecular weight is 358 g/mol. The van der Waals surface area contributed by atoms with Crippen LogP contribution in [0, 0.1) is 0 Å². The molecule has 0 aliphatic carbocycles. The predicted octanol–water partition coefficient (Wildman–Crippen LogP) is 4.54. The second-order valence-electron chi connectivity index (χ2n) is 5.45. The van der Waals surface area contributed by atoms with Crippen molar-refractivity contribution < 1.29 is 22.7 Å². The Hall–Kier alpha value is -3.35. The van der Waals surface area contributed by atoms with Gasteiger partial charge in [-0.05, 0) is 42.0 Å². The van der Waals surface area contributed by atoms with Gasteiger partial charge in [-0.1, -0.05) is 12.1 Å². The molecule has 7 heteroatoms. The highest BCUT2D eigenvalue weighted by Crippen LogP contribution is 2.34. The summed E-state index contributed by atoms with van der Waals surface area (Å²) in [5.41, 5.74) is 5.50. The van der Waals surface area contributed by atoms with Crippen molar-refractivity contribution in [3.63, 3.8) is 0 Å². The summed E-state index contributed by atoms with van der Waals surface area (Å²) in [7, 11) is 0. The molecule has 2 N–H and O–H groups in total. The van der Waals surface area contributed by atoms with Gasteiger partial charge in [0.25, 0.3) is 0 Å². The zero-order valence-electron chi connectivity index (χ0n) is 13.3. The Morgan fingerprint density at radius 2 is 1.88 bits per heavy atom. The van der Waals surface area contributed by atoms with E-state index in [0.717, 1.165) is 17.5 Å². The van der Waals surface area contributed by atoms with Crippen molar-refractivity contribution in [2.24, 2.45) is 5.73 Å². The average Bonchev–Trinajstić information content (AvgIpc) is 2.59. The van der Waals surface area contributed by atoms with Gasteiger partial charge in [0.1, 0.15) is 11.5 Å². The molecule has 0 fully saturated rings. The van der Waals surface area contributed by atoms with Gasteiger partial charge < -0.3 is 10.5 Å². The van der Waals surface area contributed by atoms with Crippen LogP contribution in [0.25, 0.3) is 17.0 Å². The van der Waals surface area contributed by atoms with E-state index in [1.807, 2.05) is 0 Å². The lowest BCUT2D eigenvalue weighted by atomic mass is 10.1. The van der Waals surface area contributed by atoms with Crippen LogP contribution in [0.3, 0.4) is 0 Å². The second kappa shape index (κ2) is 6.87. The van der Waals surface area contributed by atoms with Gasteiger partial charge in [-0.15, -0.1) is 0 Å². The van der Waals surface area contributed by atoms with Gasteiger partial charge in [0.05, 0.1) is 11.1 Å². The number of carbonyl (C=O) groups excluding carboxylic acids is 1. The van der Waals surface area contributed by atoms with Gasteiger partial charge in [-0.3, -0.25) is 9.78 Å². The van der Waals surface area contributed by atoms with Crippen molar-refractivity contribution in [2.45, 2.75) is 6.18 Å². The number of rotatable bonds is 4. The molecule has 0 atom stereocenters. The summed E-state index contributed by atoms with van der Waals surface area (Å²) < 4.78 is 44.1. The quantitative estimate of drug-likeness (QED) is 0.696. The number of carbonyl (C=O) groups is 1. The van der Waals surface area contributed by atoms with Crippen LogP contribution in [0.5, 0.6) is 11.5 Å². The SMILES string of the molecule is NC(=O)/C=C/c1cc(Oc2cccc(C(F)(F)F)c2)cc2ncccc12. The minimum atomic E-state index is -4.46. The first kappa shape index (κ1) is 17.5. The Kier molecular flexibility index (Phi) is 4.62. The molecule has 2 aromatic carbocycles. The Morgan fingerprint density at radius 1 is 1.08 bits per heavy atom. The summed E-state index contributed by atoms with van der Waals surface area (Å²) in [6.07, 6.45) is -0.182. The van der Waals surface area contributed by atoms with Gasteiger partial charge in [0.15, 0.2) is 0 Å². The van der Waals surface area contributed by atoms with E-state index in [2.05, 4.69) is 4.98 Å². The summed E-state index contributed by atoms with van der Waals surface area (Å²) in [5, 5.41) is 0.751. The molecular weight excluding hydrogens is 345 g/mol. The largest absolute Gasteiger partial charge is 0.457 e.